The number of hydrogen-bond acceptors (Lipinski definition) is 6. The van der Waals surface area contributed by atoms with E-state index in [0.717, 1.165) is 0 Å². The predicted molar refractivity (Wildman–Crippen MR) is 115 cm³/mol. The van der Waals surface area contributed by atoms with Gasteiger partial charge in [-0.1, -0.05) is 31.1 Å². The number of nitrogens with one attached hydrogen (secondary N) is 1. The molecule has 1 atom stereocenters. The fourth-order valence-corrected chi connectivity index (χ4v) is 3.45. The molecule has 1 aliphatic heterocycles. The van der Waals surface area contributed by atoms with E-state index in [1.807, 2.05) is 24.3 Å². The maximum absolute atomic E-state index is 13.1. The lowest BCUT2D eigenvalue weighted by Crippen LogP contribution is -2.24. The van der Waals surface area contributed by atoms with Gasteiger partial charge < -0.3 is 14.1 Å². The van der Waals surface area contributed by atoms with Crippen molar-refractivity contribution in [2.45, 2.75) is 32.1 Å². The van der Waals surface area contributed by atoms with Crippen LogP contribution in [0.4, 0.5) is 16.1 Å². The molecule has 1 N–H and O–H groups in total. The Balaban J connectivity index is 1.31. The number of rotatable bonds is 7. The second-order valence-electron chi connectivity index (χ2n) is 7.89. The fourth-order valence-electron chi connectivity index (χ4n) is 3.45. The number of benzene rings is 2. The Morgan fingerprint density at radius 2 is 1.91 bits per heavy atom. The maximum atomic E-state index is 13.1. The summed E-state index contributed by atoms with van der Waals surface area (Å²) in [7, 11) is 0. The standard InChI is InChI=1S/C23H23FN4O4/c1-14(2)15-3-9-19(10-4-15)31-13-20(29)25-23-27-26-22(32-23)16-11-21(30)28(12-16)18-7-5-17(24)6-8-18/h3-10,14,16H,11-13H2,1-2H3,(H,25,27,29). The number of carbonyl (C=O) groups excluding carboxylic acids is 2. The Labute approximate surface area is 184 Å². The van der Waals surface area contributed by atoms with Gasteiger partial charge in [-0.25, -0.2) is 4.39 Å². The van der Waals surface area contributed by atoms with Crippen LogP contribution in [0.25, 0.3) is 0 Å². The SMILES string of the molecule is CC(C)c1ccc(OCC(=O)Nc2nnc(C3CC(=O)N(c4ccc(F)cc4)C3)o2)cc1. The lowest BCUT2D eigenvalue weighted by Gasteiger charge is -2.15. The molecule has 2 amide bonds. The van der Waals surface area contributed by atoms with Gasteiger partial charge in [0, 0.05) is 18.7 Å². The average Bonchev–Trinajstić information content (AvgIpc) is 3.39. The molecule has 0 spiro atoms. The van der Waals surface area contributed by atoms with E-state index in [9.17, 15) is 14.0 Å². The molecule has 0 saturated carbocycles. The summed E-state index contributed by atoms with van der Waals surface area (Å²) < 4.78 is 24.2. The fraction of sp³-hybridized carbons (Fsp3) is 0.304. The van der Waals surface area contributed by atoms with Gasteiger partial charge in [0.1, 0.15) is 11.6 Å². The van der Waals surface area contributed by atoms with Crippen molar-refractivity contribution in [3.05, 3.63) is 65.8 Å². The van der Waals surface area contributed by atoms with Gasteiger partial charge in [0.05, 0.1) is 5.92 Å². The van der Waals surface area contributed by atoms with E-state index in [-0.39, 0.29) is 42.6 Å². The first-order valence-electron chi connectivity index (χ1n) is 10.3. The summed E-state index contributed by atoms with van der Waals surface area (Å²) in [6.45, 7) is 4.32. The molecule has 8 nitrogen and oxygen atoms in total. The molecule has 2 heterocycles. The molecule has 1 unspecified atom stereocenters. The van der Waals surface area contributed by atoms with Crippen molar-refractivity contribution in [3.8, 4) is 5.75 Å². The minimum Gasteiger partial charge on any atom is -0.484 e. The summed E-state index contributed by atoms with van der Waals surface area (Å²) in [6.07, 6.45) is 0.183. The molecule has 4 rings (SSSR count). The zero-order valence-corrected chi connectivity index (χ0v) is 17.7. The zero-order valence-electron chi connectivity index (χ0n) is 17.7. The lowest BCUT2D eigenvalue weighted by atomic mass is 10.0. The van der Waals surface area contributed by atoms with Crippen molar-refractivity contribution in [2.24, 2.45) is 0 Å². The van der Waals surface area contributed by atoms with E-state index in [1.54, 1.807) is 17.0 Å². The van der Waals surface area contributed by atoms with Crippen LogP contribution in [0.3, 0.4) is 0 Å². The van der Waals surface area contributed by atoms with Gasteiger partial charge >= 0.3 is 6.01 Å². The average molecular weight is 438 g/mol. The molecule has 1 saturated heterocycles. The topological polar surface area (TPSA) is 97.6 Å². The Bertz CT molecular complexity index is 1100. The van der Waals surface area contributed by atoms with E-state index in [1.165, 1.54) is 17.7 Å². The van der Waals surface area contributed by atoms with Gasteiger partial charge in [0.25, 0.3) is 5.91 Å². The van der Waals surface area contributed by atoms with Crippen LogP contribution < -0.4 is 15.0 Å². The van der Waals surface area contributed by atoms with Crippen LogP contribution in [0.15, 0.2) is 52.9 Å². The molecule has 1 aliphatic rings. The van der Waals surface area contributed by atoms with Gasteiger partial charge in [-0.05, 0) is 47.9 Å². The number of halogens is 1. The quantitative estimate of drug-likeness (QED) is 0.601. The van der Waals surface area contributed by atoms with Crippen LogP contribution in [0.1, 0.15) is 43.6 Å². The normalized spacial score (nSPS) is 15.9. The minimum absolute atomic E-state index is 0.0589. The Kier molecular flexibility index (Phi) is 6.16. The summed E-state index contributed by atoms with van der Waals surface area (Å²) in [5.41, 5.74) is 1.79. The molecule has 0 aliphatic carbocycles. The van der Waals surface area contributed by atoms with Crippen LogP contribution in [-0.2, 0) is 9.59 Å². The molecule has 1 fully saturated rings. The smallest absolute Gasteiger partial charge is 0.322 e. The largest absolute Gasteiger partial charge is 0.484 e. The molecule has 0 bridgehead atoms. The first kappa shape index (κ1) is 21.5. The van der Waals surface area contributed by atoms with Gasteiger partial charge in [0.15, 0.2) is 6.61 Å². The van der Waals surface area contributed by atoms with Crippen molar-refractivity contribution in [1.29, 1.82) is 0 Å². The second-order valence-corrected chi connectivity index (χ2v) is 7.89. The first-order chi connectivity index (χ1) is 15.4. The van der Waals surface area contributed by atoms with Crippen LogP contribution >= 0.6 is 0 Å². The Morgan fingerprint density at radius 3 is 2.59 bits per heavy atom. The number of anilines is 2. The van der Waals surface area contributed by atoms with Crippen LogP contribution in [0, 0.1) is 5.82 Å². The van der Waals surface area contributed by atoms with E-state index < -0.39 is 5.91 Å². The number of carbonyl (C=O) groups is 2. The van der Waals surface area contributed by atoms with Gasteiger partial charge in [-0.15, -0.1) is 5.10 Å². The van der Waals surface area contributed by atoms with Crippen molar-refractivity contribution in [2.75, 3.05) is 23.4 Å². The van der Waals surface area contributed by atoms with Gasteiger partial charge in [-0.3, -0.25) is 14.9 Å². The van der Waals surface area contributed by atoms with Gasteiger partial charge in [0.2, 0.25) is 11.8 Å². The van der Waals surface area contributed by atoms with E-state index in [0.29, 0.717) is 23.9 Å². The van der Waals surface area contributed by atoms with Crippen molar-refractivity contribution < 1.29 is 23.1 Å². The third-order valence-electron chi connectivity index (χ3n) is 5.22. The Morgan fingerprint density at radius 1 is 1.19 bits per heavy atom. The zero-order chi connectivity index (χ0) is 22.7. The molecule has 3 aromatic rings. The highest BCUT2D eigenvalue weighted by Gasteiger charge is 2.35. The molecule has 2 aromatic carbocycles. The third-order valence-corrected chi connectivity index (χ3v) is 5.22. The van der Waals surface area contributed by atoms with Crippen molar-refractivity contribution in [1.82, 2.24) is 10.2 Å². The number of hydrogen-bond donors (Lipinski definition) is 1. The maximum Gasteiger partial charge on any atom is 0.322 e. The molecule has 32 heavy (non-hydrogen) atoms. The van der Waals surface area contributed by atoms with Crippen molar-refractivity contribution >= 4 is 23.5 Å². The van der Waals surface area contributed by atoms with E-state index in [4.69, 9.17) is 9.15 Å². The summed E-state index contributed by atoms with van der Waals surface area (Å²) >= 11 is 0. The summed E-state index contributed by atoms with van der Waals surface area (Å²) in [5, 5.41) is 10.3. The van der Waals surface area contributed by atoms with Crippen LogP contribution in [0.5, 0.6) is 5.75 Å². The molecule has 166 valence electrons. The monoisotopic (exact) mass is 438 g/mol. The lowest BCUT2D eigenvalue weighted by molar-refractivity contribution is -0.118. The highest BCUT2D eigenvalue weighted by molar-refractivity contribution is 5.96. The minimum atomic E-state index is -0.441. The number of ether oxygens (including phenoxy) is 1. The van der Waals surface area contributed by atoms with Gasteiger partial charge in [-0.2, -0.15) is 0 Å². The summed E-state index contributed by atoms with van der Waals surface area (Å²) in [4.78, 5) is 26.1. The molecule has 9 heteroatoms. The van der Waals surface area contributed by atoms with Crippen molar-refractivity contribution in [3.63, 3.8) is 0 Å². The highest BCUT2D eigenvalue weighted by atomic mass is 19.1. The molecule has 0 radical (unpaired) electrons. The number of aromatic nitrogens is 2. The Hall–Kier alpha value is -3.75. The number of amides is 2. The van der Waals surface area contributed by atoms with Crippen LogP contribution in [-0.4, -0.2) is 35.2 Å². The summed E-state index contributed by atoms with van der Waals surface area (Å²) in [5.74, 6) is -0.000334. The third kappa shape index (κ3) is 4.93. The molecular weight excluding hydrogens is 415 g/mol. The van der Waals surface area contributed by atoms with E-state index >= 15 is 0 Å². The highest BCUT2D eigenvalue weighted by Crippen LogP contribution is 2.31. The summed E-state index contributed by atoms with van der Waals surface area (Å²) in [6, 6.07) is 13.2. The molecular formula is C23H23FN4O4. The van der Waals surface area contributed by atoms with E-state index in [2.05, 4.69) is 29.4 Å². The predicted octanol–water partition coefficient (Wildman–Crippen LogP) is 3.87. The number of nitrogens with zero attached hydrogens (tertiary/aromatic N) is 3. The molecule has 1 aromatic heterocycles. The second kappa shape index (κ2) is 9.17. The van der Waals surface area contributed by atoms with Crippen LogP contribution in [0.2, 0.25) is 0 Å². The first-order valence-corrected chi connectivity index (χ1v) is 10.3.